The molecule has 1 aliphatic rings. The molecule has 1 aromatic carbocycles. The van der Waals surface area contributed by atoms with Gasteiger partial charge in [-0.25, -0.2) is 0 Å². The van der Waals surface area contributed by atoms with Crippen LogP contribution in [0.3, 0.4) is 0 Å². The number of anilines is 1. The van der Waals surface area contributed by atoms with Crippen LogP contribution in [0.15, 0.2) is 24.3 Å². The Hall–Kier alpha value is -0.290. The van der Waals surface area contributed by atoms with Gasteiger partial charge >= 0.3 is 0 Å². The number of nitrogens with one attached hydrogen (secondary N) is 1. The molecule has 1 saturated heterocycles. The Morgan fingerprint density at radius 2 is 2.14 bits per heavy atom. The van der Waals surface area contributed by atoms with Crippen molar-refractivity contribution in [1.82, 2.24) is 0 Å². The summed E-state index contributed by atoms with van der Waals surface area (Å²) in [4.78, 5) is 0. The van der Waals surface area contributed by atoms with Crippen molar-refractivity contribution in [2.24, 2.45) is 5.41 Å². The van der Waals surface area contributed by atoms with Gasteiger partial charge in [0.2, 0.25) is 0 Å². The maximum atomic E-state index is 5.21. The van der Waals surface area contributed by atoms with Crippen molar-refractivity contribution in [3.8, 4) is 0 Å². The molecule has 0 atom stereocenters. The molecular weight excluding hydrogens is 289 g/mol. The van der Waals surface area contributed by atoms with Crippen LogP contribution in [0, 0.1) is 8.99 Å². The fraction of sp³-hybridized carbons (Fsp3) is 0.455. The van der Waals surface area contributed by atoms with Crippen LogP contribution in [0.2, 0.25) is 0 Å². The lowest BCUT2D eigenvalue weighted by Gasteiger charge is -2.38. The predicted octanol–water partition coefficient (Wildman–Crippen LogP) is 2.74. The van der Waals surface area contributed by atoms with E-state index in [2.05, 4.69) is 59.1 Å². The summed E-state index contributed by atoms with van der Waals surface area (Å²) >= 11 is 2.35. The lowest BCUT2D eigenvalue weighted by atomic mass is 9.89. The van der Waals surface area contributed by atoms with E-state index in [9.17, 15) is 0 Å². The normalized spacial score (nSPS) is 18.7. The summed E-state index contributed by atoms with van der Waals surface area (Å²) < 4.78 is 6.49. The van der Waals surface area contributed by atoms with Gasteiger partial charge < -0.3 is 10.1 Å². The quantitative estimate of drug-likeness (QED) is 0.867. The highest BCUT2D eigenvalue weighted by Gasteiger charge is 2.32. The van der Waals surface area contributed by atoms with Crippen molar-refractivity contribution in [3.63, 3.8) is 0 Å². The minimum Gasteiger partial charge on any atom is -0.383 e. The zero-order valence-electron chi connectivity index (χ0n) is 8.22. The lowest BCUT2D eigenvalue weighted by Crippen LogP contribution is -2.45. The van der Waals surface area contributed by atoms with E-state index in [4.69, 9.17) is 4.74 Å². The third-order valence-electron chi connectivity index (χ3n) is 2.48. The molecule has 2 nitrogen and oxygen atoms in total. The van der Waals surface area contributed by atoms with E-state index in [1.54, 1.807) is 0 Å². The first-order chi connectivity index (χ1) is 6.70. The Bertz CT molecular complexity index is 323. The summed E-state index contributed by atoms with van der Waals surface area (Å²) in [5.41, 5.74) is 1.56. The molecule has 0 aromatic heterocycles. The van der Waals surface area contributed by atoms with Crippen LogP contribution in [-0.2, 0) is 4.74 Å². The average Bonchev–Trinajstić information content (AvgIpc) is 2.14. The smallest absolute Gasteiger partial charge is 0.0559 e. The molecule has 0 amide bonds. The fourth-order valence-corrected chi connectivity index (χ4v) is 2.04. The molecule has 0 aliphatic carbocycles. The van der Waals surface area contributed by atoms with Gasteiger partial charge in [-0.1, -0.05) is 19.1 Å². The van der Waals surface area contributed by atoms with E-state index in [1.807, 2.05) is 0 Å². The molecule has 0 radical (unpaired) electrons. The van der Waals surface area contributed by atoms with E-state index >= 15 is 0 Å². The highest BCUT2D eigenvalue weighted by molar-refractivity contribution is 14.1. The minimum absolute atomic E-state index is 0.332. The Labute approximate surface area is 98.2 Å². The second-order valence-corrected chi connectivity index (χ2v) is 5.30. The van der Waals surface area contributed by atoms with Crippen LogP contribution < -0.4 is 5.32 Å². The maximum absolute atomic E-state index is 5.21. The third kappa shape index (κ3) is 2.20. The number of para-hydroxylation sites is 1. The Morgan fingerprint density at radius 1 is 1.43 bits per heavy atom. The van der Waals surface area contributed by atoms with Gasteiger partial charge in [0.15, 0.2) is 0 Å². The molecule has 0 bridgehead atoms. The summed E-state index contributed by atoms with van der Waals surface area (Å²) in [5, 5.41) is 3.47. The van der Waals surface area contributed by atoms with Gasteiger partial charge in [-0.2, -0.15) is 0 Å². The van der Waals surface area contributed by atoms with Crippen LogP contribution >= 0.6 is 22.6 Å². The van der Waals surface area contributed by atoms with Crippen molar-refractivity contribution >= 4 is 28.3 Å². The zero-order chi connectivity index (χ0) is 10.0. The monoisotopic (exact) mass is 303 g/mol. The first kappa shape index (κ1) is 10.2. The van der Waals surface area contributed by atoms with Gasteiger partial charge in [0.1, 0.15) is 0 Å². The number of benzene rings is 1. The SMILES string of the molecule is CC1(CNc2ccccc2I)COC1. The van der Waals surface area contributed by atoms with Crippen LogP contribution in [0.1, 0.15) is 6.92 Å². The van der Waals surface area contributed by atoms with Crippen molar-refractivity contribution in [3.05, 3.63) is 27.8 Å². The second kappa shape index (κ2) is 4.06. The van der Waals surface area contributed by atoms with Gasteiger partial charge in [0, 0.05) is 21.2 Å². The summed E-state index contributed by atoms with van der Waals surface area (Å²) in [6, 6.07) is 8.35. The van der Waals surface area contributed by atoms with E-state index in [-0.39, 0.29) is 0 Å². The first-order valence-corrected chi connectivity index (χ1v) is 5.84. The number of halogens is 1. The first-order valence-electron chi connectivity index (χ1n) is 4.76. The molecule has 1 fully saturated rings. The number of rotatable bonds is 3. The van der Waals surface area contributed by atoms with Crippen LogP contribution in [0.4, 0.5) is 5.69 Å². The van der Waals surface area contributed by atoms with Crippen LogP contribution in [0.25, 0.3) is 0 Å². The predicted molar refractivity (Wildman–Crippen MR) is 66.6 cm³/mol. The average molecular weight is 303 g/mol. The molecule has 14 heavy (non-hydrogen) atoms. The molecular formula is C11H14INO. The molecule has 0 saturated carbocycles. The van der Waals surface area contributed by atoms with Gasteiger partial charge in [-0.05, 0) is 34.7 Å². The summed E-state index contributed by atoms with van der Waals surface area (Å²) in [6.07, 6.45) is 0. The van der Waals surface area contributed by atoms with E-state index in [0.29, 0.717) is 5.41 Å². The number of hydrogen-bond donors (Lipinski definition) is 1. The van der Waals surface area contributed by atoms with Gasteiger partial charge in [-0.3, -0.25) is 0 Å². The minimum atomic E-state index is 0.332. The molecule has 2 rings (SSSR count). The van der Waals surface area contributed by atoms with Crippen LogP contribution in [0.5, 0.6) is 0 Å². The fourth-order valence-electron chi connectivity index (χ4n) is 1.47. The molecule has 1 aliphatic heterocycles. The van der Waals surface area contributed by atoms with Crippen molar-refractivity contribution < 1.29 is 4.74 Å². The number of ether oxygens (including phenoxy) is 1. The zero-order valence-corrected chi connectivity index (χ0v) is 10.4. The molecule has 1 aromatic rings. The maximum Gasteiger partial charge on any atom is 0.0559 e. The van der Waals surface area contributed by atoms with Crippen LogP contribution in [-0.4, -0.2) is 19.8 Å². The molecule has 0 spiro atoms. The molecule has 76 valence electrons. The van der Waals surface area contributed by atoms with E-state index in [0.717, 1.165) is 19.8 Å². The van der Waals surface area contributed by atoms with E-state index < -0.39 is 0 Å². The highest BCUT2D eigenvalue weighted by atomic mass is 127. The van der Waals surface area contributed by atoms with Gasteiger partial charge in [0.25, 0.3) is 0 Å². The lowest BCUT2D eigenvalue weighted by molar-refractivity contribution is -0.0924. The highest BCUT2D eigenvalue weighted by Crippen LogP contribution is 2.27. The van der Waals surface area contributed by atoms with Crippen molar-refractivity contribution in [1.29, 1.82) is 0 Å². The summed E-state index contributed by atoms with van der Waals surface area (Å²) in [5.74, 6) is 0. The second-order valence-electron chi connectivity index (χ2n) is 4.14. The Kier molecular flexibility index (Phi) is 2.97. The van der Waals surface area contributed by atoms with E-state index in [1.165, 1.54) is 9.26 Å². The Morgan fingerprint density at radius 3 is 2.71 bits per heavy atom. The summed E-state index contributed by atoms with van der Waals surface area (Å²) in [6.45, 7) is 5.00. The molecule has 0 unspecified atom stereocenters. The third-order valence-corrected chi connectivity index (χ3v) is 3.42. The van der Waals surface area contributed by atoms with Crippen molar-refractivity contribution in [2.75, 3.05) is 25.1 Å². The molecule has 1 heterocycles. The number of hydrogen-bond acceptors (Lipinski definition) is 2. The molecule has 3 heteroatoms. The largest absolute Gasteiger partial charge is 0.383 e. The Balaban J connectivity index is 1.95. The van der Waals surface area contributed by atoms with Gasteiger partial charge in [0.05, 0.1) is 13.2 Å². The van der Waals surface area contributed by atoms with Crippen molar-refractivity contribution in [2.45, 2.75) is 6.92 Å². The topological polar surface area (TPSA) is 21.3 Å². The summed E-state index contributed by atoms with van der Waals surface area (Å²) in [7, 11) is 0. The standard InChI is InChI=1S/C11H14INO/c1-11(7-14-8-11)6-13-10-5-3-2-4-9(10)12/h2-5,13H,6-8H2,1H3. The van der Waals surface area contributed by atoms with Gasteiger partial charge in [-0.15, -0.1) is 0 Å². The molecule has 1 N–H and O–H groups in total.